The lowest BCUT2D eigenvalue weighted by Crippen LogP contribution is -2.45. The topological polar surface area (TPSA) is 15.3 Å². The third-order valence-electron chi connectivity index (χ3n) is 4.26. The zero-order chi connectivity index (χ0) is 15.2. The van der Waals surface area contributed by atoms with Crippen LogP contribution in [0, 0.1) is 5.82 Å². The van der Waals surface area contributed by atoms with E-state index in [2.05, 4.69) is 40.5 Å². The van der Waals surface area contributed by atoms with Crippen molar-refractivity contribution in [2.24, 2.45) is 0 Å². The maximum Gasteiger partial charge on any atom is 0.123 e. The third kappa shape index (κ3) is 4.39. The summed E-state index contributed by atoms with van der Waals surface area (Å²) in [7, 11) is 0. The fourth-order valence-electron chi connectivity index (χ4n) is 3.07. The summed E-state index contributed by atoms with van der Waals surface area (Å²) in [4.78, 5) is 2.46. The van der Waals surface area contributed by atoms with Gasteiger partial charge in [0.15, 0.2) is 0 Å². The number of rotatable bonds is 5. The second-order valence-electron chi connectivity index (χ2n) is 6.07. The van der Waals surface area contributed by atoms with Crippen LogP contribution >= 0.6 is 0 Å². The Bertz CT molecular complexity index is 568. The maximum absolute atomic E-state index is 13.0. The van der Waals surface area contributed by atoms with E-state index >= 15 is 0 Å². The minimum absolute atomic E-state index is 0.162. The molecule has 1 saturated heterocycles. The van der Waals surface area contributed by atoms with Crippen LogP contribution in [0.1, 0.15) is 24.0 Å². The van der Waals surface area contributed by atoms with Crippen LogP contribution in [-0.4, -0.2) is 24.0 Å². The molecule has 0 spiro atoms. The molecule has 1 N–H and O–H groups in total. The van der Waals surface area contributed by atoms with Gasteiger partial charge in [0.25, 0.3) is 0 Å². The number of nitrogens with zero attached hydrogens (tertiary/aromatic N) is 1. The molecule has 2 aromatic rings. The summed E-state index contributed by atoms with van der Waals surface area (Å²) in [5, 5.41) is 3.66. The van der Waals surface area contributed by atoms with Crippen molar-refractivity contribution in [2.45, 2.75) is 32.0 Å². The molecule has 1 aliphatic rings. The Hall–Kier alpha value is -1.71. The lowest BCUT2D eigenvalue weighted by molar-refractivity contribution is 0.182. The molecule has 2 aromatic carbocycles. The van der Waals surface area contributed by atoms with Crippen molar-refractivity contribution in [1.82, 2.24) is 10.2 Å². The summed E-state index contributed by atoms with van der Waals surface area (Å²) in [5.41, 5.74) is 2.52. The van der Waals surface area contributed by atoms with Gasteiger partial charge >= 0.3 is 0 Å². The van der Waals surface area contributed by atoms with Crippen LogP contribution < -0.4 is 5.32 Å². The van der Waals surface area contributed by atoms with Crippen molar-refractivity contribution in [1.29, 1.82) is 0 Å². The van der Waals surface area contributed by atoms with Gasteiger partial charge in [-0.15, -0.1) is 0 Å². The number of benzene rings is 2. The second-order valence-corrected chi connectivity index (χ2v) is 6.07. The fraction of sp³-hybridized carbons (Fsp3) is 0.368. The van der Waals surface area contributed by atoms with E-state index in [1.54, 1.807) is 12.1 Å². The van der Waals surface area contributed by atoms with Crippen molar-refractivity contribution in [3.8, 4) is 0 Å². The normalized spacial score (nSPS) is 19.2. The summed E-state index contributed by atoms with van der Waals surface area (Å²) in [5.74, 6) is -0.162. The number of halogens is 1. The molecule has 0 bridgehead atoms. The van der Waals surface area contributed by atoms with E-state index in [0.717, 1.165) is 26.2 Å². The van der Waals surface area contributed by atoms with E-state index in [-0.39, 0.29) is 5.82 Å². The first kappa shape index (κ1) is 15.2. The summed E-state index contributed by atoms with van der Waals surface area (Å²) in [6.45, 7) is 4.02. The van der Waals surface area contributed by atoms with Crippen LogP contribution in [0.3, 0.4) is 0 Å². The minimum atomic E-state index is -0.162. The smallest absolute Gasteiger partial charge is 0.123 e. The average molecular weight is 298 g/mol. The first-order valence-corrected chi connectivity index (χ1v) is 8.04. The average Bonchev–Trinajstić information content (AvgIpc) is 2.57. The highest BCUT2D eigenvalue weighted by Crippen LogP contribution is 2.14. The molecule has 1 heterocycles. The van der Waals surface area contributed by atoms with E-state index in [1.165, 1.54) is 24.0 Å². The van der Waals surface area contributed by atoms with Crippen molar-refractivity contribution in [2.75, 3.05) is 13.1 Å². The molecule has 1 fully saturated rings. The van der Waals surface area contributed by atoms with Gasteiger partial charge in [-0.3, -0.25) is 4.90 Å². The minimum Gasteiger partial charge on any atom is -0.309 e. The molecule has 2 nitrogen and oxygen atoms in total. The summed E-state index contributed by atoms with van der Waals surface area (Å²) >= 11 is 0. The first-order chi connectivity index (χ1) is 10.8. The van der Waals surface area contributed by atoms with Crippen LogP contribution in [0.15, 0.2) is 54.6 Å². The van der Waals surface area contributed by atoms with Gasteiger partial charge in [-0.25, -0.2) is 4.39 Å². The standard InChI is InChI=1S/C19H23FN2/c20-18-10-8-17(9-11-18)14-22-12-4-7-19(15-22)21-13-16-5-2-1-3-6-16/h1-3,5-6,8-11,19,21H,4,7,12-15H2. The van der Waals surface area contributed by atoms with Gasteiger partial charge in [0.1, 0.15) is 5.82 Å². The van der Waals surface area contributed by atoms with Crippen molar-refractivity contribution >= 4 is 0 Å². The number of hydrogen-bond donors (Lipinski definition) is 1. The van der Waals surface area contributed by atoms with Crippen molar-refractivity contribution < 1.29 is 4.39 Å². The van der Waals surface area contributed by atoms with Crippen LogP contribution in [-0.2, 0) is 13.1 Å². The highest BCUT2D eigenvalue weighted by molar-refractivity contribution is 5.16. The van der Waals surface area contributed by atoms with Gasteiger partial charge in [0, 0.05) is 25.7 Å². The van der Waals surface area contributed by atoms with E-state index < -0.39 is 0 Å². The lowest BCUT2D eigenvalue weighted by atomic mass is 10.0. The highest BCUT2D eigenvalue weighted by Gasteiger charge is 2.19. The fourth-order valence-corrected chi connectivity index (χ4v) is 3.07. The van der Waals surface area contributed by atoms with Gasteiger partial charge in [0.2, 0.25) is 0 Å². The molecule has 1 unspecified atom stereocenters. The van der Waals surface area contributed by atoms with E-state index in [4.69, 9.17) is 0 Å². The zero-order valence-electron chi connectivity index (χ0n) is 12.8. The van der Waals surface area contributed by atoms with Crippen LogP contribution in [0.25, 0.3) is 0 Å². The van der Waals surface area contributed by atoms with Crippen LogP contribution in [0.4, 0.5) is 4.39 Å². The maximum atomic E-state index is 13.0. The van der Waals surface area contributed by atoms with Gasteiger partial charge in [-0.05, 0) is 42.6 Å². The van der Waals surface area contributed by atoms with Gasteiger partial charge in [-0.2, -0.15) is 0 Å². The zero-order valence-corrected chi connectivity index (χ0v) is 12.8. The Kier molecular flexibility index (Phi) is 5.20. The summed E-state index contributed by atoms with van der Waals surface area (Å²) < 4.78 is 13.0. The van der Waals surface area contributed by atoms with Gasteiger partial charge < -0.3 is 5.32 Å². The molecule has 0 saturated carbocycles. The Morgan fingerprint density at radius 3 is 2.55 bits per heavy atom. The molecule has 0 aliphatic carbocycles. The molecule has 0 amide bonds. The number of piperidine rings is 1. The second kappa shape index (κ2) is 7.52. The molecule has 3 rings (SSSR count). The Labute approximate surface area is 132 Å². The van der Waals surface area contributed by atoms with Gasteiger partial charge in [-0.1, -0.05) is 42.5 Å². The molecule has 0 aromatic heterocycles. The Morgan fingerprint density at radius 2 is 1.77 bits per heavy atom. The molecular weight excluding hydrogens is 275 g/mol. The van der Waals surface area contributed by atoms with E-state index in [0.29, 0.717) is 6.04 Å². The Morgan fingerprint density at radius 1 is 1.00 bits per heavy atom. The third-order valence-corrected chi connectivity index (χ3v) is 4.26. The summed E-state index contributed by atoms with van der Waals surface area (Å²) in [6.07, 6.45) is 2.44. The molecule has 3 heteroatoms. The molecule has 116 valence electrons. The summed E-state index contributed by atoms with van der Waals surface area (Å²) in [6, 6.07) is 17.9. The molecular formula is C19H23FN2. The van der Waals surface area contributed by atoms with Crippen LogP contribution in [0.2, 0.25) is 0 Å². The highest BCUT2D eigenvalue weighted by atomic mass is 19.1. The quantitative estimate of drug-likeness (QED) is 0.907. The van der Waals surface area contributed by atoms with Crippen molar-refractivity contribution in [3.63, 3.8) is 0 Å². The Balaban J connectivity index is 1.49. The monoisotopic (exact) mass is 298 g/mol. The van der Waals surface area contributed by atoms with E-state index in [9.17, 15) is 4.39 Å². The first-order valence-electron chi connectivity index (χ1n) is 8.04. The van der Waals surface area contributed by atoms with E-state index in [1.807, 2.05) is 12.1 Å². The molecule has 1 aliphatic heterocycles. The van der Waals surface area contributed by atoms with Crippen molar-refractivity contribution in [3.05, 3.63) is 71.5 Å². The number of hydrogen-bond acceptors (Lipinski definition) is 2. The number of nitrogens with one attached hydrogen (secondary N) is 1. The van der Waals surface area contributed by atoms with Gasteiger partial charge in [0.05, 0.1) is 0 Å². The molecule has 22 heavy (non-hydrogen) atoms. The predicted molar refractivity (Wildman–Crippen MR) is 88.0 cm³/mol. The van der Waals surface area contributed by atoms with Crippen LogP contribution in [0.5, 0.6) is 0 Å². The lowest BCUT2D eigenvalue weighted by Gasteiger charge is -2.33. The molecule has 1 atom stereocenters. The largest absolute Gasteiger partial charge is 0.309 e. The number of likely N-dealkylation sites (tertiary alicyclic amines) is 1. The SMILES string of the molecule is Fc1ccc(CN2CCCC(NCc3ccccc3)C2)cc1. The molecule has 0 radical (unpaired) electrons. The predicted octanol–water partition coefficient (Wildman–Crippen LogP) is 3.58.